The Morgan fingerprint density at radius 1 is 1.21 bits per heavy atom. The number of rotatable bonds is 3. The molecule has 0 spiro atoms. The first-order valence-corrected chi connectivity index (χ1v) is 5.45. The number of ether oxygens (including phenoxy) is 1. The minimum atomic E-state index is -4.70. The van der Waals surface area contributed by atoms with E-state index in [1.807, 2.05) is 0 Å². The Labute approximate surface area is 107 Å². The molecule has 0 atom stereocenters. The minimum absolute atomic E-state index is 0.148. The SMILES string of the molecule is Cc1oc(-c2ccc(OC(F)(F)F)cc2)cc1CO. The van der Waals surface area contributed by atoms with Gasteiger partial charge in [-0.2, -0.15) is 0 Å². The summed E-state index contributed by atoms with van der Waals surface area (Å²) in [6, 6.07) is 6.98. The molecule has 0 bridgehead atoms. The van der Waals surface area contributed by atoms with Gasteiger partial charge in [0, 0.05) is 11.1 Å². The fraction of sp³-hybridized carbons (Fsp3) is 0.231. The number of hydrogen-bond donors (Lipinski definition) is 1. The number of aliphatic hydroxyl groups is 1. The zero-order chi connectivity index (χ0) is 14.0. The molecule has 19 heavy (non-hydrogen) atoms. The second-order valence-electron chi connectivity index (χ2n) is 3.92. The molecule has 0 fully saturated rings. The number of alkyl halides is 3. The third-order valence-corrected chi connectivity index (χ3v) is 2.56. The molecule has 102 valence electrons. The number of aliphatic hydroxyl groups excluding tert-OH is 1. The fourth-order valence-electron chi connectivity index (χ4n) is 1.64. The van der Waals surface area contributed by atoms with Gasteiger partial charge in [0.1, 0.15) is 17.3 Å². The monoisotopic (exact) mass is 272 g/mol. The molecule has 0 aliphatic rings. The average molecular weight is 272 g/mol. The van der Waals surface area contributed by atoms with Crippen molar-refractivity contribution < 1.29 is 27.4 Å². The molecule has 2 rings (SSSR count). The van der Waals surface area contributed by atoms with Crippen LogP contribution in [0, 0.1) is 6.92 Å². The molecular weight excluding hydrogens is 261 g/mol. The van der Waals surface area contributed by atoms with E-state index in [0.717, 1.165) is 0 Å². The van der Waals surface area contributed by atoms with Gasteiger partial charge in [-0.05, 0) is 37.3 Å². The van der Waals surface area contributed by atoms with Crippen LogP contribution in [0.4, 0.5) is 13.2 Å². The van der Waals surface area contributed by atoms with E-state index in [4.69, 9.17) is 9.52 Å². The highest BCUT2D eigenvalue weighted by atomic mass is 19.4. The van der Waals surface area contributed by atoms with Gasteiger partial charge in [-0.3, -0.25) is 0 Å². The molecule has 6 heteroatoms. The molecule has 3 nitrogen and oxygen atoms in total. The molecule has 0 aliphatic carbocycles. The van der Waals surface area contributed by atoms with Crippen LogP contribution in [0.2, 0.25) is 0 Å². The molecule has 0 amide bonds. The normalized spacial score (nSPS) is 11.6. The topological polar surface area (TPSA) is 42.6 Å². The van der Waals surface area contributed by atoms with Gasteiger partial charge in [0.15, 0.2) is 0 Å². The lowest BCUT2D eigenvalue weighted by atomic mass is 10.1. The molecule has 0 radical (unpaired) electrons. The van der Waals surface area contributed by atoms with Crippen molar-refractivity contribution in [3.05, 3.63) is 41.7 Å². The Kier molecular flexibility index (Phi) is 3.53. The number of furan rings is 1. The van der Waals surface area contributed by atoms with Gasteiger partial charge in [-0.15, -0.1) is 13.2 Å². The summed E-state index contributed by atoms with van der Waals surface area (Å²) >= 11 is 0. The first kappa shape index (κ1) is 13.5. The largest absolute Gasteiger partial charge is 0.573 e. The predicted octanol–water partition coefficient (Wildman–Crippen LogP) is 3.65. The molecule has 0 aliphatic heterocycles. The smallest absolute Gasteiger partial charge is 0.461 e. The van der Waals surface area contributed by atoms with Crippen LogP contribution in [0.1, 0.15) is 11.3 Å². The van der Waals surface area contributed by atoms with E-state index in [1.165, 1.54) is 24.3 Å². The number of benzene rings is 1. The van der Waals surface area contributed by atoms with Gasteiger partial charge in [-0.25, -0.2) is 0 Å². The standard InChI is InChI=1S/C13H11F3O3/c1-8-10(7-17)6-12(18-8)9-2-4-11(5-3-9)19-13(14,15)16/h2-6,17H,7H2,1H3. The zero-order valence-corrected chi connectivity index (χ0v) is 9.99. The maximum absolute atomic E-state index is 12.0. The molecule has 0 saturated carbocycles. The summed E-state index contributed by atoms with van der Waals surface area (Å²) in [7, 11) is 0. The fourth-order valence-corrected chi connectivity index (χ4v) is 1.64. The van der Waals surface area contributed by atoms with Gasteiger partial charge in [-0.1, -0.05) is 0 Å². The third kappa shape index (κ3) is 3.29. The molecule has 1 aromatic carbocycles. The minimum Gasteiger partial charge on any atom is -0.461 e. The zero-order valence-electron chi connectivity index (χ0n) is 9.99. The van der Waals surface area contributed by atoms with Crippen molar-refractivity contribution in [3.8, 4) is 17.1 Å². The molecular formula is C13H11F3O3. The summed E-state index contributed by atoms with van der Waals surface area (Å²) in [6.07, 6.45) is -4.70. The average Bonchev–Trinajstić information content (AvgIpc) is 2.69. The lowest BCUT2D eigenvalue weighted by Crippen LogP contribution is -2.16. The van der Waals surface area contributed by atoms with E-state index >= 15 is 0 Å². The highest BCUT2D eigenvalue weighted by molar-refractivity contribution is 5.59. The molecule has 2 aromatic rings. The van der Waals surface area contributed by atoms with Gasteiger partial charge in [0.25, 0.3) is 0 Å². The summed E-state index contributed by atoms with van der Waals surface area (Å²) in [4.78, 5) is 0. The summed E-state index contributed by atoms with van der Waals surface area (Å²) in [5.41, 5.74) is 1.25. The van der Waals surface area contributed by atoms with E-state index in [2.05, 4.69) is 4.74 Å². The van der Waals surface area contributed by atoms with Gasteiger partial charge in [0.2, 0.25) is 0 Å². The van der Waals surface area contributed by atoms with Crippen molar-refractivity contribution >= 4 is 0 Å². The van der Waals surface area contributed by atoms with Gasteiger partial charge < -0.3 is 14.3 Å². The molecule has 1 heterocycles. The first-order chi connectivity index (χ1) is 8.89. The maximum Gasteiger partial charge on any atom is 0.573 e. The Bertz CT molecular complexity index is 556. The van der Waals surface area contributed by atoms with Crippen molar-refractivity contribution in [1.82, 2.24) is 0 Å². The van der Waals surface area contributed by atoms with Crippen molar-refractivity contribution in [1.29, 1.82) is 0 Å². The number of aryl methyl sites for hydroxylation is 1. The van der Waals surface area contributed by atoms with Crippen molar-refractivity contribution in [2.75, 3.05) is 0 Å². The van der Waals surface area contributed by atoms with E-state index in [1.54, 1.807) is 13.0 Å². The first-order valence-electron chi connectivity index (χ1n) is 5.45. The van der Waals surface area contributed by atoms with Crippen LogP contribution in [0.5, 0.6) is 5.75 Å². The Morgan fingerprint density at radius 3 is 2.32 bits per heavy atom. The Hall–Kier alpha value is -1.95. The summed E-state index contributed by atoms with van der Waals surface area (Å²) in [5, 5.41) is 9.05. The van der Waals surface area contributed by atoms with Gasteiger partial charge in [0.05, 0.1) is 6.61 Å². The highest BCUT2D eigenvalue weighted by Crippen LogP contribution is 2.29. The van der Waals surface area contributed by atoms with E-state index in [-0.39, 0.29) is 12.4 Å². The van der Waals surface area contributed by atoms with Crippen LogP contribution >= 0.6 is 0 Å². The quantitative estimate of drug-likeness (QED) is 0.927. The van der Waals surface area contributed by atoms with E-state index in [0.29, 0.717) is 22.6 Å². The Morgan fingerprint density at radius 2 is 1.84 bits per heavy atom. The highest BCUT2D eigenvalue weighted by Gasteiger charge is 2.31. The summed E-state index contributed by atoms with van der Waals surface area (Å²) in [5.74, 6) is 0.773. The summed E-state index contributed by atoms with van der Waals surface area (Å²) < 4.78 is 45.2. The van der Waals surface area contributed by atoms with E-state index in [9.17, 15) is 13.2 Å². The Balaban J connectivity index is 2.22. The predicted molar refractivity (Wildman–Crippen MR) is 61.5 cm³/mol. The van der Waals surface area contributed by atoms with Crippen LogP contribution in [0.25, 0.3) is 11.3 Å². The van der Waals surface area contributed by atoms with Crippen molar-refractivity contribution in [2.45, 2.75) is 19.9 Å². The van der Waals surface area contributed by atoms with Crippen molar-refractivity contribution in [2.24, 2.45) is 0 Å². The summed E-state index contributed by atoms with van der Waals surface area (Å²) in [6.45, 7) is 1.56. The van der Waals surface area contributed by atoms with Crippen molar-refractivity contribution in [3.63, 3.8) is 0 Å². The third-order valence-electron chi connectivity index (χ3n) is 2.56. The van der Waals surface area contributed by atoms with Gasteiger partial charge >= 0.3 is 6.36 Å². The van der Waals surface area contributed by atoms with Crippen LogP contribution in [-0.4, -0.2) is 11.5 Å². The molecule has 1 aromatic heterocycles. The second-order valence-corrected chi connectivity index (χ2v) is 3.92. The van der Waals surface area contributed by atoms with Crippen LogP contribution in [0.3, 0.4) is 0 Å². The second kappa shape index (κ2) is 4.97. The maximum atomic E-state index is 12.0. The van der Waals surface area contributed by atoms with Crippen LogP contribution in [0.15, 0.2) is 34.7 Å². The van der Waals surface area contributed by atoms with E-state index < -0.39 is 6.36 Å². The number of hydrogen-bond acceptors (Lipinski definition) is 3. The van der Waals surface area contributed by atoms with Crippen LogP contribution < -0.4 is 4.74 Å². The number of halogens is 3. The molecule has 0 saturated heterocycles. The molecule has 0 unspecified atom stereocenters. The lowest BCUT2D eigenvalue weighted by molar-refractivity contribution is -0.274. The van der Waals surface area contributed by atoms with Crippen LogP contribution in [-0.2, 0) is 6.61 Å². The lowest BCUT2D eigenvalue weighted by Gasteiger charge is -2.08. The molecule has 1 N–H and O–H groups in total.